The number of aromatic nitrogens is 7. The van der Waals surface area contributed by atoms with Crippen LogP contribution in [0.2, 0.25) is 0 Å². The second kappa shape index (κ2) is 9.40. The first-order valence-corrected chi connectivity index (χ1v) is 11.8. The van der Waals surface area contributed by atoms with Gasteiger partial charge in [-0.1, -0.05) is 12.1 Å². The van der Waals surface area contributed by atoms with Gasteiger partial charge < -0.3 is 15.2 Å². The summed E-state index contributed by atoms with van der Waals surface area (Å²) >= 11 is 0. The molecular formula is C27H24FN9. The summed E-state index contributed by atoms with van der Waals surface area (Å²) in [5.41, 5.74) is 6.89. The van der Waals surface area contributed by atoms with Gasteiger partial charge in [0.15, 0.2) is 5.82 Å². The molecule has 6 aromatic rings. The third-order valence-corrected chi connectivity index (χ3v) is 6.14. The molecule has 0 saturated carbocycles. The number of hydrogen-bond donors (Lipinski definition) is 3. The molecule has 37 heavy (non-hydrogen) atoms. The van der Waals surface area contributed by atoms with E-state index in [1.54, 1.807) is 18.6 Å². The van der Waals surface area contributed by atoms with E-state index in [0.717, 1.165) is 56.6 Å². The van der Waals surface area contributed by atoms with E-state index in [1.807, 2.05) is 44.4 Å². The van der Waals surface area contributed by atoms with Crippen LogP contribution >= 0.6 is 0 Å². The number of pyridine rings is 1. The minimum Gasteiger partial charge on any atom is -0.384 e. The van der Waals surface area contributed by atoms with E-state index < -0.39 is 0 Å². The van der Waals surface area contributed by atoms with E-state index in [0.29, 0.717) is 18.1 Å². The lowest BCUT2D eigenvalue weighted by Crippen LogP contribution is -2.20. The summed E-state index contributed by atoms with van der Waals surface area (Å²) in [6, 6.07) is 12.8. The van der Waals surface area contributed by atoms with Crippen LogP contribution in [0.25, 0.3) is 55.8 Å². The number of hydrogen-bond acceptors (Lipinski definition) is 7. The van der Waals surface area contributed by atoms with Gasteiger partial charge in [0.2, 0.25) is 0 Å². The number of imidazole rings is 1. The van der Waals surface area contributed by atoms with Crippen molar-refractivity contribution in [2.45, 2.75) is 0 Å². The first-order valence-electron chi connectivity index (χ1n) is 11.8. The zero-order valence-electron chi connectivity index (χ0n) is 20.3. The van der Waals surface area contributed by atoms with Gasteiger partial charge in [0.05, 0.1) is 28.4 Å². The fraction of sp³-hybridized carbons (Fsp3) is 0.148. The highest BCUT2D eigenvalue weighted by Crippen LogP contribution is 2.33. The minimum atomic E-state index is -0.305. The van der Waals surface area contributed by atoms with Crippen LogP contribution in [-0.4, -0.2) is 67.2 Å². The van der Waals surface area contributed by atoms with Crippen LogP contribution in [0.3, 0.4) is 0 Å². The molecule has 6 rings (SSSR count). The molecule has 0 aliphatic heterocycles. The molecule has 3 N–H and O–H groups in total. The largest absolute Gasteiger partial charge is 0.384 e. The number of para-hydroxylation sites is 1. The molecule has 0 atom stereocenters. The first-order chi connectivity index (χ1) is 18.0. The van der Waals surface area contributed by atoms with E-state index >= 15 is 0 Å². The van der Waals surface area contributed by atoms with Gasteiger partial charge in [-0.25, -0.2) is 19.3 Å². The number of nitrogens with one attached hydrogen (secondary N) is 3. The standard InChI is InChI=1S/C27H24FN9/c1-37(2)7-6-31-19-9-16(8-18(28)10-19)20-4-3-5-22-25(20)34-27(33-22)26-21-11-23(17-12-29-15-30-13-17)32-14-24(21)35-36-26/h3-5,8-15,31H,6-7H2,1-2H3,(H,33,34)(H,35,36). The van der Waals surface area contributed by atoms with Crippen molar-refractivity contribution in [1.82, 2.24) is 40.0 Å². The molecule has 9 nitrogen and oxygen atoms in total. The Hall–Kier alpha value is -4.70. The van der Waals surface area contributed by atoms with Crippen molar-refractivity contribution in [3.63, 3.8) is 0 Å². The van der Waals surface area contributed by atoms with E-state index in [2.05, 4.69) is 40.3 Å². The molecule has 0 fully saturated rings. The Morgan fingerprint density at radius 2 is 1.84 bits per heavy atom. The van der Waals surface area contributed by atoms with Gasteiger partial charge in [0, 0.05) is 47.7 Å². The van der Waals surface area contributed by atoms with Gasteiger partial charge in [0.1, 0.15) is 17.8 Å². The van der Waals surface area contributed by atoms with Gasteiger partial charge in [-0.2, -0.15) is 5.10 Å². The SMILES string of the molecule is CN(C)CCNc1cc(F)cc(-c2cccc3[nH]c(-c4n[nH]c5cnc(-c6cncnc6)cc45)nc23)c1. The Morgan fingerprint density at radius 1 is 0.973 bits per heavy atom. The normalized spacial score (nSPS) is 11.6. The van der Waals surface area contributed by atoms with Crippen LogP contribution in [0, 0.1) is 5.82 Å². The zero-order valence-corrected chi connectivity index (χ0v) is 20.3. The molecule has 10 heteroatoms. The summed E-state index contributed by atoms with van der Waals surface area (Å²) in [5, 5.41) is 11.7. The minimum absolute atomic E-state index is 0.305. The smallest absolute Gasteiger partial charge is 0.159 e. The summed E-state index contributed by atoms with van der Waals surface area (Å²) in [6.07, 6.45) is 6.66. The second-order valence-electron chi connectivity index (χ2n) is 9.06. The van der Waals surface area contributed by atoms with Crippen LogP contribution < -0.4 is 5.32 Å². The maximum atomic E-state index is 14.6. The van der Waals surface area contributed by atoms with Gasteiger partial charge in [-0.05, 0) is 50.0 Å². The lowest BCUT2D eigenvalue weighted by atomic mass is 10.0. The lowest BCUT2D eigenvalue weighted by molar-refractivity contribution is 0.425. The van der Waals surface area contributed by atoms with Crippen LogP contribution in [0.4, 0.5) is 10.1 Å². The Morgan fingerprint density at radius 3 is 2.68 bits per heavy atom. The number of rotatable bonds is 7. The average Bonchev–Trinajstić information content (AvgIpc) is 3.52. The van der Waals surface area contributed by atoms with E-state index in [-0.39, 0.29) is 5.82 Å². The molecule has 0 amide bonds. The fourth-order valence-corrected chi connectivity index (χ4v) is 4.33. The van der Waals surface area contributed by atoms with Crippen molar-refractivity contribution in [2.24, 2.45) is 0 Å². The van der Waals surface area contributed by atoms with Gasteiger partial charge in [-0.3, -0.25) is 10.1 Å². The molecule has 0 unspecified atom stereocenters. The summed E-state index contributed by atoms with van der Waals surface area (Å²) < 4.78 is 14.6. The number of fused-ring (bicyclic) bond motifs is 2. The van der Waals surface area contributed by atoms with E-state index in [9.17, 15) is 4.39 Å². The molecular weight excluding hydrogens is 469 g/mol. The van der Waals surface area contributed by atoms with Crippen molar-refractivity contribution >= 4 is 27.6 Å². The van der Waals surface area contributed by atoms with Crippen molar-refractivity contribution < 1.29 is 4.39 Å². The monoisotopic (exact) mass is 493 g/mol. The third kappa shape index (κ3) is 4.50. The van der Waals surface area contributed by atoms with Crippen molar-refractivity contribution in [3.8, 4) is 33.9 Å². The number of anilines is 1. The summed E-state index contributed by atoms with van der Waals surface area (Å²) in [6.45, 7) is 1.56. The molecule has 0 bridgehead atoms. The van der Waals surface area contributed by atoms with Gasteiger partial charge in [-0.15, -0.1) is 0 Å². The van der Waals surface area contributed by atoms with Crippen LogP contribution in [0.15, 0.2) is 67.4 Å². The van der Waals surface area contributed by atoms with Crippen molar-refractivity contribution in [3.05, 3.63) is 73.2 Å². The number of aromatic amines is 2. The number of H-pyrrole nitrogens is 2. The molecule has 0 spiro atoms. The average molecular weight is 494 g/mol. The zero-order chi connectivity index (χ0) is 25.4. The Bertz CT molecular complexity index is 1710. The molecule has 0 aliphatic rings. The summed E-state index contributed by atoms with van der Waals surface area (Å²) in [7, 11) is 4.01. The van der Waals surface area contributed by atoms with Crippen LogP contribution in [0.5, 0.6) is 0 Å². The molecule has 4 heterocycles. The lowest BCUT2D eigenvalue weighted by Gasteiger charge is -2.13. The molecule has 4 aromatic heterocycles. The molecule has 0 radical (unpaired) electrons. The highest BCUT2D eigenvalue weighted by Gasteiger charge is 2.17. The number of nitrogens with zero attached hydrogens (tertiary/aromatic N) is 6. The molecule has 0 saturated heterocycles. The Kier molecular flexibility index (Phi) is 5.78. The van der Waals surface area contributed by atoms with E-state index in [4.69, 9.17) is 4.98 Å². The second-order valence-corrected chi connectivity index (χ2v) is 9.06. The molecule has 0 aliphatic carbocycles. The topological polar surface area (TPSA) is 111 Å². The fourth-order valence-electron chi connectivity index (χ4n) is 4.33. The summed E-state index contributed by atoms with van der Waals surface area (Å²) in [5.74, 6) is 0.303. The van der Waals surface area contributed by atoms with Gasteiger partial charge in [0.25, 0.3) is 0 Å². The predicted octanol–water partition coefficient (Wildman–Crippen LogP) is 4.74. The summed E-state index contributed by atoms with van der Waals surface area (Å²) in [4.78, 5) is 23.0. The van der Waals surface area contributed by atoms with Gasteiger partial charge >= 0.3 is 0 Å². The third-order valence-electron chi connectivity index (χ3n) is 6.14. The molecule has 2 aromatic carbocycles. The highest BCUT2D eigenvalue weighted by atomic mass is 19.1. The Labute approximate surface area is 211 Å². The molecule has 184 valence electrons. The van der Waals surface area contributed by atoms with Crippen molar-refractivity contribution in [2.75, 3.05) is 32.5 Å². The predicted molar refractivity (Wildman–Crippen MR) is 142 cm³/mol. The quantitative estimate of drug-likeness (QED) is 0.295. The Balaban J connectivity index is 1.41. The highest BCUT2D eigenvalue weighted by molar-refractivity contribution is 5.98. The van der Waals surface area contributed by atoms with E-state index in [1.165, 1.54) is 18.5 Å². The number of benzene rings is 2. The van der Waals surface area contributed by atoms with Crippen molar-refractivity contribution in [1.29, 1.82) is 0 Å². The number of halogens is 1. The first kappa shape index (κ1) is 22.7. The van der Waals surface area contributed by atoms with Crippen LogP contribution in [0.1, 0.15) is 0 Å². The van der Waals surface area contributed by atoms with Crippen LogP contribution in [-0.2, 0) is 0 Å². The maximum Gasteiger partial charge on any atom is 0.159 e. The maximum absolute atomic E-state index is 14.6. The number of likely N-dealkylation sites (N-methyl/N-ethyl adjacent to an activating group) is 1.